The van der Waals surface area contributed by atoms with E-state index in [1.807, 2.05) is 23.5 Å². The smallest absolute Gasteiger partial charge is 0.143 e. The maximum Gasteiger partial charge on any atom is 0.143 e. The fourth-order valence-electron chi connectivity index (χ4n) is 8.60. The highest BCUT2D eigenvalue weighted by Gasteiger charge is 2.20. The normalized spacial score (nSPS) is 11.9. The average Bonchev–Trinajstić information content (AvgIpc) is 3.95. The molecule has 0 saturated heterocycles. The second kappa shape index (κ2) is 12.2. The molecule has 4 heteroatoms. The fraction of sp³-hybridized carbons (Fsp3) is 0. The summed E-state index contributed by atoms with van der Waals surface area (Å²) in [7, 11) is 0. The lowest BCUT2D eigenvalue weighted by molar-refractivity contribution is 0.670. The molecule has 56 heavy (non-hydrogen) atoms. The molecule has 0 fully saturated rings. The Bertz CT molecular complexity index is 3480. The summed E-state index contributed by atoms with van der Waals surface area (Å²) in [6.45, 7) is 0. The SMILES string of the molecule is c1ccc2cc3c(cc2c1)oc1c(-c2ccc(N(c4ccc(-c5cccc6c5oc5ccccc56)cc4)c4cccc5c4sc4ccccc45)cc2)cccc13. The van der Waals surface area contributed by atoms with Gasteiger partial charge in [0, 0.05) is 59.5 Å². The van der Waals surface area contributed by atoms with E-state index in [0.717, 1.165) is 83.2 Å². The van der Waals surface area contributed by atoms with Gasteiger partial charge in [-0.2, -0.15) is 0 Å². The van der Waals surface area contributed by atoms with Gasteiger partial charge in [-0.05, 0) is 76.5 Å². The first-order valence-electron chi connectivity index (χ1n) is 18.9. The van der Waals surface area contributed by atoms with Crippen LogP contribution in [0.2, 0.25) is 0 Å². The van der Waals surface area contributed by atoms with Crippen LogP contribution in [-0.4, -0.2) is 0 Å². The molecule has 0 N–H and O–H groups in total. The minimum Gasteiger partial charge on any atom is -0.455 e. The van der Waals surface area contributed by atoms with Crippen molar-refractivity contribution in [3.05, 3.63) is 188 Å². The Morgan fingerprint density at radius 2 is 0.911 bits per heavy atom. The molecule has 3 heterocycles. The maximum atomic E-state index is 6.62. The first kappa shape index (κ1) is 31.2. The Labute approximate surface area is 325 Å². The largest absolute Gasteiger partial charge is 0.455 e. The van der Waals surface area contributed by atoms with Crippen LogP contribution in [0.3, 0.4) is 0 Å². The van der Waals surface area contributed by atoms with Crippen LogP contribution in [0.25, 0.3) is 97.1 Å². The van der Waals surface area contributed by atoms with Crippen molar-refractivity contribution in [1.29, 1.82) is 0 Å². The first-order chi connectivity index (χ1) is 27.7. The molecule has 3 nitrogen and oxygen atoms in total. The summed E-state index contributed by atoms with van der Waals surface area (Å²) in [5, 5.41) is 9.48. The van der Waals surface area contributed by atoms with Crippen LogP contribution in [-0.2, 0) is 0 Å². The van der Waals surface area contributed by atoms with E-state index < -0.39 is 0 Å². The third-order valence-corrected chi connectivity index (χ3v) is 12.5. The quantitative estimate of drug-likeness (QED) is 0.176. The maximum absolute atomic E-state index is 6.62. The number of hydrogen-bond acceptors (Lipinski definition) is 4. The van der Waals surface area contributed by atoms with Crippen molar-refractivity contribution in [3.8, 4) is 22.3 Å². The van der Waals surface area contributed by atoms with Gasteiger partial charge in [-0.25, -0.2) is 0 Å². The van der Waals surface area contributed by atoms with Crippen molar-refractivity contribution in [2.45, 2.75) is 0 Å². The molecule has 9 aromatic carbocycles. The van der Waals surface area contributed by atoms with Crippen molar-refractivity contribution in [3.63, 3.8) is 0 Å². The number of fused-ring (bicyclic) bond motifs is 10. The molecule has 0 atom stereocenters. The molecule has 262 valence electrons. The number of nitrogens with zero attached hydrogens (tertiary/aromatic N) is 1. The van der Waals surface area contributed by atoms with Crippen LogP contribution in [0.5, 0.6) is 0 Å². The van der Waals surface area contributed by atoms with Gasteiger partial charge in [-0.15, -0.1) is 11.3 Å². The lowest BCUT2D eigenvalue weighted by Gasteiger charge is -2.26. The van der Waals surface area contributed by atoms with Crippen LogP contribution in [0.4, 0.5) is 17.1 Å². The molecule has 0 saturated carbocycles. The van der Waals surface area contributed by atoms with Gasteiger partial charge in [0.2, 0.25) is 0 Å². The van der Waals surface area contributed by atoms with Gasteiger partial charge in [0.15, 0.2) is 0 Å². The van der Waals surface area contributed by atoms with Crippen LogP contribution >= 0.6 is 11.3 Å². The lowest BCUT2D eigenvalue weighted by atomic mass is 10.0. The molecule has 0 aliphatic carbocycles. The van der Waals surface area contributed by atoms with Gasteiger partial charge in [-0.3, -0.25) is 0 Å². The molecule has 3 aromatic heterocycles. The summed E-state index contributed by atoms with van der Waals surface area (Å²) in [6.07, 6.45) is 0. The highest BCUT2D eigenvalue weighted by Crippen LogP contribution is 2.46. The second-order valence-corrected chi connectivity index (χ2v) is 15.5. The molecule has 0 bridgehead atoms. The highest BCUT2D eigenvalue weighted by molar-refractivity contribution is 7.26. The zero-order valence-electron chi connectivity index (χ0n) is 30.1. The van der Waals surface area contributed by atoms with Gasteiger partial charge in [-0.1, -0.05) is 133 Å². The molecule has 0 aliphatic rings. The number of benzene rings is 9. The number of furan rings is 2. The van der Waals surface area contributed by atoms with Crippen molar-refractivity contribution >= 4 is 103 Å². The summed E-state index contributed by atoms with van der Waals surface area (Å²) in [6, 6.07) is 67.2. The topological polar surface area (TPSA) is 29.5 Å². The molecule has 0 unspecified atom stereocenters. The third kappa shape index (κ3) is 4.76. The summed E-state index contributed by atoms with van der Waals surface area (Å²) >= 11 is 1.85. The zero-order chi connectivity index (χ0) is 36.7. The number of rotatable bonds is 5. The summed E-state index contributed by atoms with van der Waals surface area (Å²) in [5.74, 6) is 0. The monoisotopic (exact) mass is 733 g/mol. The summed E-state index contributed by atoms with van der Waals surface area (Å²) in [4.78, 5) is 2.39. The minimum absolute atomic E-state index is 0.905. The van der Waals surface area contributed by atoms with Gasteiger partial charge < -0.3 is 13.7 Å². The van der Waals surface area contributed by atoms with Crippen molar-refractivity contribution in [2.75, 3.05) is 4.90 Å². The molecule has 0 radical (unpaired) electrons. The minimum atomic E-state index is 0.905. The zero-order valence-corrected chi connectivity index (χ0v) is 30.9. The van der Waals surface area contributed by atoms with Gasteiger partial charge >= 0.3 is 0 Å². The van der Waals surface area contributed by atoms with Crippen LogP contribution in [0, 0.1) is 0 Å². The van der Waals surface area contributed by atoms with E-state index in [-0.39, 0.29) is 0 Å². The van der Waals surface area contributed by atoms with Crippen LogP contribution < -0.4 is 4.90 Å². The van der Waals surface area contributed by atoms with Crippen molar-refractivity contribution < 1.29 is 8.83 Å². The number of hydrogen-bond donors (Lipinski definition) is 0. The molecule has 0 spiro atoms. The van der Waals surface area contributed by atoms with Crippen LogP contribution in [0.15, 0.2) is 197 Å². The van der Waals surface area contributed by atoms with Crippen molar-refractivity contribution in [2.24, 2.45) is 0 Å². The predicted molar refractivity (Wildman–Crippen MR) is 237 cm³/mol. The summed E-state index contributed by atoms with van der Waals surface area (Å²) in [5.41, 5.74) is 11.3. The van der Waals surface area contributed by atoms with E-state index >= 15 is 0 Å². The van der Waals surface area contributed by atoms with Gasteiger partial charge in [0.05, 0.1) is 10.4 Å². The Morgan fingerprint density at radius 3 is 1.62 bits per heavy atom. The Hall–Kier alpha value is -7.14. The summed E-state index contributed by atoms with van der Waals surface area (Å²) < 4.78 is 15.6. The predicted octanol–water partition coefficient (Wildman–Crippen LogP) is 15.8. The standard InChI is InChI=1S/C52H31NO2S/c1-2-11-35-31-48-45(30-34(35)10-1)43-17-8-15-39(51(43)55-48)33-24-28-37(29-25-33)53(46-19-9-18-44-41-13-4-6-21-49(41)56-52(44)46)36-26-22-32(23-27-36)38-14-7-16-42-40-12-3-5-20-47(40)54-50(38)42/h1-31H. The molecule has 12 rings (SSSR count). The van der Waals surface area contributed by atoms with E-state index in [0.29, 0.717) is 0 Å². The molecule has 12 aromatic rings. The van der Waals surface area contributed by atoms with E-state index in [1.54, 1.807) is 0 Å². The number of thiophene rings is 1. The Kier molecular flexibility index (Phi) is 6.80. The Balaban J connectivity index is 0.996. The van der Waals surface area contributed by atoms with E-state index in [9.17, 15) is 0 Å². The van der Waals surface area contributed by atoms with E-state index in [1.165, 1.54) is 30.9 Å². The molecular weight excluding hydrogens is 703 g/mol. The molecule has 0 amide bonds. The highest BCUT2D eigenvalue weighted by atomic mass is 32.1. The first-order valence-corrected chi connectivity index (χ1v) is 19.7. The van der Waals surface area contributed by atoms with Gasteiger partial charge in [0.25, 0.3) is 0 Å². The molecule has 0 aliphatic heterocycles. The van der Waals surface area contributed by atoms with E-state index in [2.05, 4.69) is 181 Å². The lowest BCUT2D eigenvalue weighted by Crippen LogP contribution is -2.10. The second-order valence-electron chi connectivity index (χ2n) is 14.4. The third-order valence-electron chi connectivity index (χ3n) is 11.3. The fourth-order valence-corrected chi connectivity index (χ4v) is 9.81. The van der Waals surface area contributed by atoms with Gasteiger partial charge in [0.1, 0.15) is 22.3 Å². The molecular formula is C52H31NO2S. The number of para-hydroxylation sites is 3. The Morgan fingerprint density at radius 1 is 0.375 bits per heavy atom. The van der Waals surface area contributed by atoms with E-state index in [4.69, 9.17) is 8.83 Å². The number of anilines is 3. The average molecular weight is 734 g/mol. The van der Waals surface area contributed by atoms with Crippen molar-refractivity contribution in [1.82, 2.24) is 0 Å². The van der Waals surface area contributed by atoms with Crippen LogP contribution in [0.1, 0.15) is 0 Å².